The molecule has 0 unspecified atom stereocenters. The average Bonchev–Trinajstić information content (AvgIpc) is 3.10. The van der Waals surface area contributed by atoms with Gasteiger partial charge in [-0.15, -0.1) is 0 Å². The van der Waals surface area contributed by atoms with E-state index < -0.39 is 17.9 Å². The summed E-state index contributed by atoms with van der Waals surface area (Å²) in [7, 11) is 0. The lowest BCUT2D eigenvalue weighted by Crippen LogP contribution is -2.48. The van der Waals surface area contributed by atoms with Crippen LogP contribution in [0.2, 0.25) is 0 Å². The summed E-state index contributed by atoms with van der Waals surface area (Å²) in [5, 5.41) is 0. The highest BCUT2D eigenvalue weighted by Gasteiger charge is 2.39. The van der Waals surface area contributed by atoms with Gasteiger partial charge in [0.05, 0.1) is 23.9 Å². The van der Waals surface area contributed by atoms with Gasteiger partial charge in [0, 0.05) is 4.47 Å². The van der Waals surface area contributed by atoms with Gasteiger partial charge in [-0.25, -0.2) is 10.3 Å². The van der Waals surface area contributed by atoms with E-state index in [1.165, 1.54) is 12.3 Å². The third-order valence-corrected chi connectivity index (χ3v) is 4.22. The number of nitrogens with one attached hydrogen (secondary N) is 2. The van der Waals surface area contributed by atoms with Crippen molar-refractivity contribution >= 4 is 39.3 Å². The molecule has 2 N–H and O–H groups in total. The SMILES string of the molecule is Cc1occc1C(=O)NN[C@H]1CC(=O)N(c2ccc(Br)cc2)C1=O. The number of carbonyl (C=O) groups is 3. The molecule has 1 aliphatic heterocycles. The van der Waals surface area contributed by atoms with Gasteiger partial charge in [0.15, 0.2) is 0 Å². The molecule has 1 aliphatic rings. The van der Waals surface area contributed by atoms with E-state index in [0.29, 0.717) is 17.0 Å². The zero-order chi connectivity index (χ0) is 17.3. The molecule has 1 aromatic carbocycles. The number of rotatable bonds is 4. The van der Waals surface area contributed by atoms with Gasteiger partial charge < -0.3 is 4.42 Å². The van der Waals surface area contributed by atoms with Crippen LogP contribution in [0.5, 0.6) is 0 Å². The van der Waals surface area contributed by atoms with E-state index in [2.05, 4.69) is 26.8 Å². The van der Waals surface area contributed by atoms with Gasteiger partial charge in [0.1, 0.15) is 11.8 Å². The van der Waals surface area contributed by atoms with E-state index in [-0.39, 0.29) is 12.3 Å². The maximum Gasteiger partial charge on any atom is 0.268 e. The molecule has 0 bridgehead atoms. The summed E-state index contributed by atoms with van der Waals surface area (Å²) in [5.74, 6) is -0.691. The van der Waals surface area contributed by atoms with Crippen LogP contribution in [0.3, 0.4) is 0 Å². The summed E-state index contributed by atoms with van der Waals surface area (Å²) >= 11 is 3.31. The molecule has 0 spiro atoms. The summed E-state index contributed by atoms with van der Waals surface area (Å²) in [6, 6.07) is 7.57. The van der Waals surface area contributed by atoms with Gasteiger partial charge in [-0.05, 0) is 37.3 Å². The molecule has 1 atom stereocenters. The van der Waals surface area contributed by atoms with Crippen molar-refractivity contribution in [2.24, 2.45) is 0 Å². The lowest BCUT2D eigenvalue weighted by molar-refractivity contribution is -0.121. The predicted octanol–water partition coefficient (Wildman–Crippen LogP) is 1.92. The largest absolute Gasteiger partial charge is 0.469 e. The molecule has 8 heteroatoms. The number of benzene rings is 1. The maximum atomic E-state index is 12.4. The molecule has 2 heterocycles. The molecule has 2 aromatic rings. The van der Waals surface area contributed by atoms with E-state index in [9.17, 15) is 14.4 Å². The van der Waals surface area contributed by atoms with Crippen LogP contribution in [0.25, 0.3) is 0 Å². The fraction of sp³-hybridized carbons (Fsp3) is 0.188. The average molecular weight is 392 g/mol. The smallest absolute Gasteiger partial charge is 0.268 e. The fourth-order valence-corrected chi connectivity index (χ4v) is 2.71. The lowest BCUT2D eigenvalue weighted by Gasteiger charge is -2.16. The topological polar surface area (TPSA) is 91.7 Å². The lowest BCUT2D eigenvalue weighted by atomic mass is 10.2. The minimum atomic E-state index is -0.808. The number of furan rings is 1. The van der Waals surface area contributed by atoms with Crippen LogP contribution < -0.4 is 15.8 Å². The Balaban J connectivity index is 1.67. The van der Waals surface area contributed by atoms with Crippen molar-refractivity contribution in [3.05, 3.63) is 52.4 Å². The van der Waals surface area contributed by atoms with Crippen LogP contribution in [0.1, 0.15) is 22.5 Å². The number of anilines is 1. The van der Waals surface area contributed by atoms with Crippen LogP contribution in [-0.4, -0.2) is 23.8 Å². The molecule has 24 heavy (non-hydrogen) atoms. The highest BCUT2D eigenvalue weighted by Crippen LogP contribution is 2.24. The third kappa shape index (κ3) is 3.10. The summed E-state index contributed by atoms with van der Waals surface area (Å²) in [6.07, 6.45) is 1.38. The number of imide groups is 1. The van der Waals surface area contributed by atoms with Crippen molar-refractivity contribution < 1.29 is 18.8 Å². The number of carbonyl (C=O) groups excluding carboxylic acids is 3. The molecule has 1 fully saturated rings. The zero-order valence-electron chi connectivity index (χ0n) is 12.7. The Morgan fingerprint density at radius 1 is 1.25 bits per heavy atom. The molecule has 3 rings (SSSR count). The molecule has 0 radical (unpaired) electrons. The van der Waals surface area contributed by atoms with Crippen LogP contribution in [0.4, 0.5) is 5.69 Å². The molecule has 124 valence electrons. The standard InChI is InChI=1S/C16H14BrN3O4/c1-9-12(6-7-24-9)15(22)19-18-13-8-14(21)20(16(13)23)11-4-2-10(17)3-5-11/h2-7,13,18H,8H2,1H3,(H,19,22)/t13-/m0/s1. The van der Waals surface area contributed by atoms with Crippen molar-refractivity contribution in [1.29, 1.82) is 0 Å². The van der Waals surface area contributed by atoms with Crippen LogP contribution >= 0.6 is 15.9 Å². The molecule has 1 saturated heterocycles. The Kier molecular flexibility index (Phi) is 4.50. The van der Waals surface area contributed by atoms with Crippen molar-refractivity contribution in [2.45, 2.75) is 19.4 Å². The Morgan fingerprint density at radius 3 is 2.58 bits per heavy atom. The minimum Gasteiger partial charge on any atom is -0.469 e. The number of aryl methyl sites for hydroxylation is 1. The number of halogens is 1. The number of nitrogens with zero attached hydrogens (tertiary/aromatic N) is 1. The van der Waals surface area contributed by atoms with Crippen LogP contribution in [-0.2, 0) is 9.59 Å². The Bertz CT molecular complexity index is 800. The number of amides is 3. The first kappa shape index (κ1) is 16.4. The van der Waals surface area contributed by atoms with Gasteiger partial charge in [0.2, 0.25) is 5.91 Å². The van der Waals surface area contributed by atoms with E-state index >= 15 is 0 Å². The third-order valence-electron chi connectivity index (χ3n) is 3.69. The number of hydrazine groups is 1. The van der Waals surface area contributed by atoms with Crippen molar-refractivity contribution in [1.82, 2.24) is 10.9 Å². The first-order valence-corrected chi connectivity index (χ1v) is 7.99. The Morgan fingerprint density at radius 2 is 1.96 bits per heavy atom. The number of hydrogen-bond acceptors (Lipinski definition) is 5. The Labute approximate surface area is 146 Å². The highest BCUT2D eigenvalue weighted by molar-refractivity contribution is 9.10. The highest BCUT2D eigenvalue weighted by atomic mass is 79.9. The summed E-state index contributed by atoms with van der Waals surface area (Å²) in [4.78, 5) is 37.7. The van der Waals surface area contributed by atoms with Crippen LogP contribution in [0, 0.1) is 6.92 Å². The molecular formula is C16H14BrN3O4. The fourth-order valence-electron chi connectivity index (χ4n) is 2.45. The zero-order valence-corrected chi connectivity index (χ0v) is 14.3. The molecule has 0 saturated carbocycles. The van der Waals surface area contributed by atoms with Gasteiger partial charge in [0.25, 0.3) is 11.8 Å². The second kappa shape index (κ2) is 6.58. The quantitative estimate of drug-likeness (QED) is 0.613. The Hall–Kier alpha value is -2.45. The van der Waals surface area contributed by atoms with E-state index in [0.717, 1.165) is 9.37 Å². The van der Waals surface area contributed by atoms with Crippen LogP contribution in [0.15, 0.2) is 45.5 Å². The summed E-state index contributed by atoms with van der Waals surface area (Å²) in [6.45, 7) is 1.66. The van der Waals surface area contributed by atoms with E-state index in [1.807, 2.05) is 0 Å². The molecule has 0 aliphatic carbocycles. The summed E-state index contributed by atoms with van der Waals surface area (Å²) < 4.78 is 5.91. The van der Waals surface area contributed by atoms with Gasteiger partial charge in [-0.2, -0.15) is 0 Å². The first-order valence-electron chi connectivity index (χ1n) is 7.19. The first-order chi connectivity index (χ1) is 11.5. The number of hydrogen-bond donors (Lipinski definition) is 2. The van der Waals surface area contributed by atoms with Gasteiger partial charge >= 0.3 is 0 Å². The molecule has 7 nitrogen and oxygen atoms in total. The summed E-state index contributed by atoms with van der Waals surface area (Å²) in [5.41, 5.74) is 5.93. The van der Waals surface area contributed by atoms with Crippen molar-refractivity contribution in [3.8, 4) is 0 Å². The molecule has 3 amide bonds. The van der Waals surface area contributed by atoms with Crippen molar-refractivity contribution in [3.63, 3.8) is 0 Å². The minimum absolute atomic E-state index is 0.0282. The normalized spacial score (nSPS) is 17.4. The van der Waals surface area contributed by atoms with E-state index in [1.54, 1.807) is 31.2 Å². The predicted molar refractivity (Wildman–Crippen MR) is 89.1 cm³/mol. The maximum absolute atomic E-state index is 12.4. The monoisotopic (exact) mass is 391 g/mol. The molecule has 1 aromatic heterocycles. The van der Waals surface area contributed by atoms with E-state index in [4.69, 9.17) is 4.42 Å². The van der Waals surface area contributed by atoms with Crippen molar-refractivity contribution in [2.75, 3.05) is 4.90 Å². The second-order valence-electron chi connectivity index (χ2n) is 5.29. The second-order valence-corrected chi connectivity index (χ2v) is 6.21. The van der Waals surface area contributed by atoms with Gasteiger partial charge in [-0.3, -0.25) is 19.8 Å². The van der Waals surface area contributed by atoms with Gasteiger partial charge in [-0.1, -0.05) is 15.9 Å². The molecular weight excluding hydrogens is 378 g/mol.